The van der Waals surface area contributed by atoms with Gasteiger partial charge in [-0.2, -0.15) is 5.26 Å². The van der Waals surface area contributed by atoms with Crippen molar-refractivity contribution in [2.24, 2.45) is 0 Å². The van der Waals surface area contributed by atoms with E-state index in [9.17, 15) is 25.5 Å². The van der Waals surface area contributed by atoms with Gasteiger partial charge in [-0.1, -0.05) is 36.4 Å². The molecule has 0 radical (unpaired) electrons. The molecule has 0 spiro atoms. The zero-order chi connectivity index (χ0) is 21.5. The number of allylic oxidation sites excluding steroid dienone is 1. The van der Waals surface area contributed by atoms with Crippen molar-refractivity contribution in [2.45, 2.75) is 0 Å². The maximum Gasteiger partial charge on any atom is 0.269 e. The van der Waals surface area contributed by atoms with Gasteiger partial charge in [0.25, 0.3) is 11.4 Å². The molecule has 0 heterocycles. The molecule has 0 fully saturated rings. The first kappa shape index (κ1) is 20.2. The van der Waals surface area contributed by atoms with Crippen LogP contribution in [0.4, 0.5) is 11.4 Å². The van der Waals surface area contributed by atoms with E-state index in [-0.39, 0.29) is 11.4 Å². The summed E-state index contributed by atoms with van der Waals surface area (Å²) in [4.78, 5) is 20.5. The fourth-order valence-corrected chi connectivity index (χ4v) is 2.71. The van der Waals surface area contributed by atoms with Crippen molar-refractivity contribution in [3.63, 3.8) is 0 Å². The first-order valence-electron chi connectivity index (χ1n) is 8.85. The minimum Gasteiger partial charge on any atom is -0.258 e. The van der Waals surface area contributed by atoms with Crippen molar-refractivity contribution < 1.29 is 9.85 Å². The van der Waals surface area contributed by atoms with Gasteiger partial charge in [0.15, 0.2) is 0 Å². The molecular weight excluding hydrogens is 382 g/mol. The van der Waals surface area contributed by atoms with Gasteiger partial charge in [-0.05, 0) is 52.6 Å². The van der Waals surface area contributed by atoms with Gasteiger partial charge in [0.1, 0.15) is 0 Å². The van der Waals surface area contributed by atoms with E-state index in [1.54, 1.807) is 30.3 Å². The van der Waals surface area contributed by atoms with E-state index >= 15 is 0 Å². The van der Waals surface area contributed by atoms with Crippen LogP contribution in [-0.2, 0) is 0 Å². The van der Waals surface area contributed by atoms with Crippen LogP contribution in [-0.4, -0.2) is 9.85 Å². The lowest BCUT2D eigenvalue weighted by Gasteiger charge is -2.01. The normalized spacial score (nSPS) is 11.2. The zero-order valence-corrected chi connectivity index (χ0v) is 15.6. The fraction of sp³-hybridized carbons (Fsp3) is 0. The van der Waals surface area contributed by atoms with E-state index in [1.165, 1.54) is 24.3 Å². The predicted molar refractivity (Wildman–Crippen MR) is 115 cm³/mol. The summed E-state index contributed by atoms with van der Waals surface area (Å²) in [7, 11) is 0. The molecule has 7 nitrogen and oxygen atoms in total. The summed E-state index contributed by atoms with van der Waals surface area (Å²) < 4.78 is 0. The van der Waals surface area contributed by atoms with Crippen LogP contribution in [0.5, 0.6) is 0 Å². The van der Waals surface area contributed by atoms with Gasteiger partial charge in [-0.25, -0.2) is 0 Å². The van der Waals surface area contributed by atoms with E-state index in [0.717, 1.165) is 16.7 Å². The first-order valence-corrected chi connectivity index (χ1v) is 8.85. The molecule has 3 rings (SSSR count). The summed E-state index contributed by atoms with van der Waals surface area (Å²) in [5.74, 6) is 0. The Hall–Kier alpha value is -4.57. The summed E-state index contributed by atoms with van der Waals surface area (Å²) in [6, 6.07) is 21.7. The molecule has 0 bridgehead atoms. The molecule has 0 aliphatic carbocycles. The molecule has 3 aromatic rings. The van der Waals surface area contributed by atoms with Gasteiger partial charge in [-0.15, -0.1) is 0 Å². The molecule has 30 heavy (non-hydrogen) atoms. The number of nitrogens with zero attached hydrogens (tertiary/aromatic N) is 3. The Balaban J connectivity index is 1.75. The molecule has 0 N–H and O–H groups in total. The van der Waals surface area contributed by atoms with Crippen molar-refractivity contribution in [2.75, 3.05) is 0 Å². The Morgan fingerprint density at radius 3 is 1.50 bits per heavy atom. The number of benzene rings is 3. The highest BCUT2D eigenvalue weighted by Crippen LogP contribution is 2.21. The standard InChI is InChI=1S/C23H15N3O4/c24-16-21(15-19-7-13-23(14-8-19)26(29)30)20-9-3-17(4-10-20)1-2-18-5-11-22(12-6-18)25(27)28/h1-15H. The van der Waals surface area contributed by atoms with Crippen LogP contribution >= 0.6 is 0 Å². The van der Waals surface area contributed by atoms with Crippen molar-refractivity contribution in [3.05, 3.63) is 115 Å². The second-order valence-corrected chi connectivity index (χ2v) is 6.32. The van der Waals surface area contributed by atoms with Crippen molar-refractivity contribution in [3.8, 4) is 6.07 Å². The number of rotatable bonds is 6. The van der Waals surface area contributed by atoms with Gasteiger partial charge < -0.3 is 0 Å². The zero-order valence-electron chi connectivity index (χ0n) is 15.6. The molecule has 7 heteroatoms. The SMILES string of the molecule is N#CC(=Cc1ccc([N+](=O)[O-])cc1)c1ccc(C=Cc2ccc([N+](=O)[O-])cc2)cc1. The maximum atomic E-state index is 10.7. The number of hydrogen-bond acceptors (Lipinski definition) is 5. The Labute approximate surface area is 172 Å². The molecule has 0 saturated carbocycles. The minimum atomic E-state index is -0.471. The lowest BCUT2D eigenvalue weighted by molar-refractivity contribution is -0.385. The second-order valence-electron chi connectivity index (χ2n) is 6.32. The third kappa shape index (κ3) is 5.03. The molecule has 0 unspecified atom stereocenters. The van der Waals surface area contributed by atoms with Gasteiger partial charge in [0.05, 0.1) is 21.5 Å². The molecule has 146 valence electrons. The van der Waals surface area contributed by atoms with Crippen molar-refractivity contribution >= 4 is 35.2 Å². The lowest BCUT2D eigenvalue weighted by Crippen LogP contribution is -1.87. The fourth-order valence-electron chi connectivity index (χ4n) is 2.71. The van der Waals surface area contributed by atoms with E-state index in [1.807, 2.05) is 36.4 Å². The van der Waals surface area contributed by atoms with E-state index in [2.05, 4.69) is 6.07 Å². The molecule has 0 aromatic heterocycles. The topological polar surface area (TPSA) is 110 Å². The van der Waals surface area contributed by atoms with Crippen LogP contribution < -0.4 is 0 Å². The number of hydrogen-bond donors (Lipinski definition) is 0. The maximum absolute atomic E-state index is 10.7. The van der Waals surface area contributed by atoms with Gasteiger partial charge in [-0.3, -0.25) is 20.2 Å². The smallest absolute Gasteiger partial charge is 0.258 e. The first-order chi connectivity index (χ1) is 14.5. The minimum absolute atomic E-state index is 0.00480. The van der Waals surface area contributed by atoms with Crippen molar-refractivity contribution in [1.29, 1.82) is 5.26 Å². The second kappa shape index (κ2) is 9.08. The Bertz CT molecular complexity index is 1170. The van der Waals surface area contributed by atoms with E-state index < -0.39 is 9.85 Å². The van der Waals surface area contributed by atoms with E-state index in [4.69, 9.17) is 0 Å². The molecule has 0 aliphatic rings. The third-order valence-corrected chi connectivity index (χ3v) is 4.33. The summed E-state index contributed by atoms with van der Waals surface area (Å²) in [5.41, 5.74) is 3.64. The lowest BCUT2D eigenvalue weighted by atomic mass is 10.0. The summed E-state index contributed by atoms with van der Waals surface area (Å²) >= 11 is 0. The average Bonchev–Trinajstić information content (AvgIpc) is 2.77. The molecular formula is C23H15N3O4. The Morgan fingerprint density at radius 1 is 0.700 bits per heavy atom. The number of nitro benzene ring substituents is 2. The third-order valence-electron chi connectivity index (χ3n) is 4.33. The van der Waals surface area contributed by atoms with Crippen molar-refractivity contribution in [1.82, 2.24) is 0 Å². The van der Waals surface area contributed by atoms with Crippen LogP contribution in [0.2, 0.25) is 0 Å². The van der Waals surface area contributed by atoms with Gasteiger partial charge in [0.2, 0.25) is 0 Å². The Morgan fingerprint density at radius 2 is 1.10 bits per heavy atom. The highest BCUT2D eigenvalue weighted by molar-refractivity contribution is 5.90. The van der Waals surface area contributed by atoms with Crippen LogP contribution in [0.1, 0.15) is 22.3 Å². The van der Waals surface area contributed by atoms with Crippen LogP contribution in [0.15, 0.2) is 72.8 Å². The number of nitro groups is 2. The average molecular weight is 397 g/mol. The summed E-state index contributed by atoms with van der Waals surface area (Å²) in [5, 5.41) is 30.9. The number of nitriles is 1. The van der Waals surface area contributed by atoms with E-state index in [0.29, 0.717) is 11.1 Å². The van der Waals surface area contributed by atoms with Crippen LogP contribution in [0, 0.1) is 31.6 Å². The predicted octanol–water partition coefficient (Wildman–Crippen LogP) is 5.74. The monoisotopic (exact) mass is 397 g/mol. The largest absolute Gasteiger partial charge is 0.269 e. The van der Waals surface area contributed by atoms with Gasteiger partial charge >= 0.3 is 0 Å². The molecule has 0 aliphatic heterocycles. The highest BCUT2D eigenvalue weighted by Gasteiger charge is 2.05. The number of non-ortho nitro benzene ring substituents is 2. The van der Waals surface area contributed by atoms with Gasteiger partial charge in [0, 0.05) is 24.3 Å². The molecule has 0 atom stereocenters. The van der Waals surface area contributed by atoms with Crippen LogP contribution in [0.25, 0.3) is 23.8 Å². The molecule has 3 aromatic carbocycles. The quantitative estimate of drug-likeness (QED) is 0.228. The molecule has 0 amide bonds. The summed E-state index contributed by atoms with van der Waals surface area (Å²) in [6.45, 7) is 0. The van der Waals surface area contributed by atoms with Crippen LogP contribution in [0.3, 0.4) is 0 Å². The Kier molecular flexibility index (Phi) is 6.11. The summed E-state index contributed by atoms with van der Waals surface area (Å²) in [6.07, 6.45) is 5.39. The molecule has 0 saturated heterocycles. The highest BCUT2D eigenvalue weighted by atomic mass is 16.6.